The molecule has 1 aliphatic carbocycles. The van der Waals surface area contributed by atoms with Gasteiger partial charge in [0.05, 0.1) is 31.1 Å². The molecule has 2 saturated heterocycles. The molecule has 0 radical (unpaired) electrons. The molecule has 0 unspecified atom stereocenters. The molecule has 2 aromatic rings. The number of hydrogen-bond donors (Lipinski definition) is 3. The van der Waals surface area contributed by atoms with E-state index in [1.54, 1.807) is 18.2 Å². The number of likely N-dealkylation sites (tertiary alicyclic amines) is 1. The Hall–Kier alpha value is -2.72. The van der Waals surface area contributed by atoms with E-state index in [1.165, 1.54) is 21.8 Å². The maximum Gasteiger partial charge on any atom is 0.455 e. The SMILES string of the molecule is CC/C(=C\c1cccc(O)c1)CC[C@H]1OB(O)C[C@H]2C1=C(CO)C[C@H]1C(=O)N(Cc3cccs3)C(=O)[C@H]12. The van der Waals surface area contributed by atoms with Crippen LogP contribution in [0.2, 0.25) is 6.32 Å². The average Bonchev–Trinajstić information content (AvgIpc) is 3.48. The first kappa shape index (κ1) is 25.9. The Morgan fingerprint density at radius 1 is 1.22 bits per heavy atom. The van der Waals surface area contributed by atoms with Gasteiger partial charge in [0.15, 0.2) is 0 Å². The van der Waals surface area contributed by atoms with Gasteiger partial charge in [-0.15, -0.1) is 11.3 Å². The van der Waals surface area contributed by atoms with Gasteiger partial charge in [0.2, 0.25) is 11.8 Å². The van der Waals surface area contributed by atoms with Crippen molar-refractivity contribution in [2.24, 2.45) is 17.8 Å². The number of carbonyl (C=O) groups is 2. The molecule has 2 amide bonds. The van der Waals surface area contributed by atoms with Crippen LogP contribution in [-0.2, 0) is 20.8 Å². The van der Waals surface area contributed by atoms with Crippen LogP contribution in [-0.4, -0.2) is 51.8 Å². The van der Waals surface area contributed by atoms with Crippen LogP contribution in [0.1, 0.15) is 43.0 Å². The summed E-state index contributed by atoms with van der Waals surface area (Å²) in [5.41, 5.74) is 3.73. The van der Waals surface area contributed by atoms with Gasteiger partial charge < -0.3 is 19.9 Å². The number of phenolic OH excluding ortho intramolecular Hbond substituents is 1. The largest absolute Gasteiger partial charge is 0.508 e. The number of nitrogens with zero attached hydrogens (tertiary/aromatic N) is 1. The Kier molecular flexibility index (Phi) is 7.67. The summed E-state index contributed by atoms with van der Waals surface area (Å²) < 4.78 is 5.99. The maximum absolute atomic E-state index is 13.6. The first-order valence-corrected chi connectivity index (χ1v) is 13.8. The minimum absolute atomic E-state index is 0.186. The Morgan fingerprint density at radius 3 is 2.76 bits per heavy atom. The molecule has 5 rings (SSSR count). The van der Waals surface area contributed by atoms with Crippen LogP contribution in [0.25, 0.3) is 6.08 Å². The molecule has 2 aliphatic heterocycles. The number of aliphatic hydroxyl groups is 1. The van der Waals surface area contributed by atoms with Crippen molar-refractivity contribution in [3.8, 4) is 5.75 Å². The van der Waals surface area contributed by atoms with Gasteiger partial charge in [-0.3, -0.25) is 14.5 Å². The zero-order chi connectivity index (χ0) is 26.1. The van der Waals surface area contributed by atoms with Crippen molar-refractivity contribution in [1.82, 2.24) is 4.90 Å². The van der Waals surface area contributed by atoms with Gasteiger partial charge in [-0.2, -0.15) is 0 Å². The number of hydrogen-bond acceptors (Lipinski definition) is 7. The Bertz CT molecular complexity index is 1230. The third-order valence-corrected chi connectivity index (χ3v) is 8.77. The molecule has 3 N–H and O–H groups in total. The van der Waals surface area contributed by atoms with Gasteiger partial charge in [0.1, 0.15) is 5.75 Å². The molecular weight excluding hydrogens is 489 g/mol. The fourth-order valence-electron chi connectivity index (χ4n) is 6.21. The number of rotatable bonds is 8. The van der Waals surface area contributed by atoms with Gasteiger partial charge >= 0.3 is 7.12 Å². The normalized spacial score (nSPS) is 26.1. The van der Waals surface area contributed by atoms with Gasteiger partial charge in [-0.05, 0) is 78.2 Å². The molecule has 0 bridgehead atoms. The lowest BCUT2D eigenvalue weighted by Crippen LogP contribution is -2.46. The van der Waals surface area contributed by atoms with E-state index in [4.69, 9.17) is 4.65 Å². The van der Waals surface area contributed by atoms with E-state index in [-0.39, 0.29) is 43.0 Å². The fraction of sp³-hybridized carbons (Fsp3) is 0.429. The van der Waals surface area contributed by atoms with Crippen LogP contribution in [0.4, 0.5) is 0 Å². The maximum atomic E-state index is 13.6. The second-order valence-electron chi connectivity index (χ2n) is 10.1. The molecule has 7 nitrogen and oxygen atoms in total. The highest BCUT2D eigenvalue weighted by molar-refractivity contribution is 7.09. The topological polar surface area (TPSA) is 107 Å². The smallest absolute Gasteiger partial charge is 0.455 e. The fourth-order valence-corrected chi connectivity index (χ4v) is 6.90. The molecular formula is C28H32BNO6S. The predicted octanol–water partition coefficient (Wildman–Crippen LogP) is 4.02. The minimum atomic E-state index is -1.04. The summed E-state index contributed by atoms with van der Waals surface area (Å²) in [6, 6.07) is 10.9. The van der Waals surface area contributed by atoms with Crippen molar-refractivity contribution in [2.75, 3.05) is 6.61 Å². The number of aromatic hydroxyl groups is 1. The summed E-state index contributed by atoms with van der Waals surface area (Å²) in [7, 11) is -1.04. The molecule has 0 saturated carbocycles. The van der Waals surface area contributed by atoms with Gasteiger partial charge in [-0.25, -0.2) is 0 Å². The number of carbonyl (C=O) groups excluding carboxylic acids is 2. The predicted molar refractivity (Wildman–Crippen MR) is 142 cm³/mol. The third-order valence-electron chi connectivity index (χ3n) is 7.91. The van der Waals surface area contributed by atoms with E-state index < -0.39 is 25.1 Å². The van der Waals surface area contributed by atoms with Crippen LogP contribution >= 0.6 is 11.3 Å². The van der Waals surface area contributed by atoms with E-state index in [9.17, 15) is 24.8 Å². The first-order valence-electron chi connectivity index (χ1n) is 12.9. The van der Waals surface area contributed by atoms with Crippen LogP contribution in [0, 0.1) is 17.8 Å². The van der Waals surface area contributed by atoms with Gasteiger partial charge in [0.25, 0.3) is 0 Å². The van der Waals surface area contributed by atoms with Crippen LogP contribution in [0.3, 0.4) is 0 Å². The summed E-state index contributed by atoms with van der Waals surface area (Å²) in [4.78, 5) is 29.2. The van der Waals surface area contributed by atoms with Crippen molar-refractivity contribution in [2.45, 2.75) is 51.6 Å². The number of allylic oxidation sites excluding steroid dienone is 1. The molecule has 1 aromatic heterocycles. The number of fused-ring (bicyclic) bond motifs is 3. The first-order chi connectivity index (χ1) is 17.9. The highest BCUT2D eigenvalue weighted by atomic mass is 32.1. The van der Waals surface area contributed by atoms with Gasteiger partial charge in [-0.1, -0.05) is 36.8 Å². The monoisotopic (exact) mass is 521 g/mol. The van der Waals surface area contributed by atoms with Crippen molar-refractivity contribution >= 4 is 36.3 Å². The third kappa shape index (κ3) is 5.18. The Labute approximate surface area is 221 Å². The second kappa shape index (κ2) is 11.0. The van der Waals surface area contributed by atoms with Crippen LogP contribution < -0.4 is 0 Å². The average molecular weight is 521 g/mol. The number of amides is 2. The molecule has 3 heterocycles. The number of aliphatic hydroxyl groups excluding tert-OH is 1. The minimum Gasteiger partial charge on any atom is -0.508 e. The van der Waals surface area contributed by atoms with Gasteiger partial charge in [0, 0.05) is 4.88 Å². The van der Waals surface area contributed by atoms with E-state index in [2.05, 4.69) is 13.0 Å². The molecule has 194 valence electrons. The van der Waals surface area contributed by atoms with Crippen LogP contribution in [0.15, 0.2) is 58.5 Å². The molecule has 0 spiro atoms. The zero-order valence-electron chi connectivity index (χ0n) is 20.9. The lowest BCUT2D eigenvalue weighted by atomic mass is 9.58. The molecule has 4 atom stereocenters. The van der Waals surface area contributed by atoms with E-state index in [1.807, 2.05) is 23.6 Å². The summed E-state index contributed by atoms with van der Waals surface area (Å²) in [5, 5.41) is 32.7. The van der Waals surface area contributed by atoms with E-state index in [0.717, 1.165) is 28.0 Å². The molecule has 37 heavy (non-hydrogen) atoms. The Balaban J connectivity index is 1.39. The summed E-state index contributed by atoms with van der Waals surface area (Å²) >= 11 is 1.51. The summed E-state index contributed by atoms with van der Waals surface area (Å²) in [5.74, 6) is -1.54. The number of thiophene rings is 1. The number of imide groups is 1. The second-order valence-corrected chi connectivity index (χ2v) is 11.1. The highest BCUT2D eigenvalue weighted by Crippen LogP contribution is 2.50. The van der Waals surface area contributed by atoms with Crippen molar-refractivity contribution in [1.29, 1.82) is 0 Å². The standard InChI is InChI=1S/C28H32BNO6S/c1-2-17(11-18-5-3-6-20(32)12-18)8-9-24-25-19(16-31)13-22-26(23(25)14-29(35)36-24)28(34)30(27(22)33)15-21-7-4-10-37-21/h3-7,10-12,22-24,26,31-32,35H,2,8-9,13-16H2,1H3/b17-11+/t22-,23+,24-,26-/m1/s1. The van der Waals surface area contributed by atoms with Crippen molar-refractivity contribution in [3.05, 3.63) is 68.9 Å². The number of benzene rings is 1. The zero-order valence-corrected chi connectivity index (χ0v) is 21.7. The number of phenols is 1. The molecule has 3 aliphatic rings. The quantitative estimate of drug-likeness (QED) is 0.275. The molecule has 1 aromatic carbocycles. The summed E-state index contributed by atoms with van der Waals surface area (Å²) in [6.45, 7) is 2.14. The van der Waals surface area contributed by atoms with Crippen molar-refractivity contribution < 1.29 is 29.5 Å². The molecule has 2 fully saturated rings. The van der Waals surface area contributed by atoms with Crippen LogP contribution in [0.5, 0.6) is 5.75 Å². The highest BCUT2D eigenvalue weighted by Gasteiger charge is 2.57. The van der Waals surface area contributed by atoms with Crippen molar-refractivity contribution in [3.63, 3.8) is 0 Å². The van der Waals surface area contributed by atoms with E-state index in [0.29, 0.717) is 19.3 Å². The lowest BCUT2D eigenvalue weighted by Gasteiger charge is -2.43. The summed E-state index contributed by atoms with van der Waals surface area (Å²) in [6.07, 6.45) is 4.29. The molecule has 9 heteroatoms. The lowest BCUT2D eigenvalue weighted by molar-refractivity contribution is -0.140. The van der Waals surface area contributed by atoms with E-state index >= 15 is 0 Å². The Morgan fingerprint density at radius 2 is 2.05 bits per heavy atom.